The van der Waals surface area contributed by atoms with Crippen LogP contribution in [0.25, 0.3) is 0 Å². The second-order valence-electron chi connectivity index (χ2n) is 6.47. The summed E-state index contributed by atoms with van der Waals surface area (Å²) < 4.78 is 27.6. The highest BCUT2D eigenvalue weighted by Gasteiger charge is 2.50. The van der Waals surface area contributed by atoms with E-state index in [1.54, 1.807) is 24.3 Å². The van der Waals surface area contributed by atoms with Gasteiger partial charge in [0.15, 0.2) is 0 Å². The molecule has 3 rings (SSSR count). The maximum absolute atomic E-state index is 14.1. The number of amides is 4. The predicted octanol–water partition coefficient (Wildman–Crippen LogP) is 2.70. The van der Waals surface area contributed by atoms with E-state index in [4.69, 9.17) is 11.6 Å². The number of nitrogens with zero attached hydrogens (tertiary/aromatic N) is 1. The molecular formula is C19H16ClF2N3O3. The summed E-state index contributed by atoms with van der Waals surface area (Å²) in [7, 11) is 0. The van der Waals surface area contributed by atoms with Gasteiger partial charge in [-0.15, -0.1) is 0 Å². The standard InChI is InChI=1S/C19H16ClF2N3O3/c1-19(14-8-13(21)6-7-15(14)22)17(27)25(18(28)24-19)10-16(26)23-9-11-2-4-12(20)5-3-11/h2-8H,9-10H2,1H3,(H,23,26)(H,24,28). The zero-order valence-corrected chi connectivity index (χ0v) is 15.5. The molecule has 1 aliphatic rings. The molecular weight excluding hydrogens is 392 g/mol. The van der Waals surface area contributed by atoms with Crippen molar-refractivity contribution in [2.75, 3.05) is 6.54 Å². The van der Waals surface area contributed by atoms with Crippen LogP contribution in [0.1, 0.15) is 18.1 Å². The molecule has 1 saturated heterocycles. The second-order valence-corrected chi connectivity index (χ2v) is 6.91. The van der Waals surface area contributed by atoms with Crippen LogP contribution in [-0.4, -0.2) is 29.3 Å². The lowest BCUT2D eigenvalue weighted by atomic mass is 9.91. The summed E-state index contributed by atoms with van der Waals surface area (Å²) >= 11 is 5.79. The van der Waals surface area contributed by atoms with E-state index in [9.17, 15) is 23.2 Å². The van der Waals surface area contributed by atoms with Crippen molar-refractivity contribution >= 4 is 29.4 Å². The van der Waals surface area contributed by atoms with Crippen molar-refractivity contribution in [3.8, 4) is 0 Å². The smallest absolute Gasteiger partial charge is 0.325 e. The normalized spacial score (nSPS) is 18.9. The van der Waals surface area contributed by atoms with Crippen molar-refractivity contribution in [2.24, 2.45) is 0 Å². The van der Waals surface area contributed by atoms with Gasteiger partial charge >= 0.3 is 6.03 Å². The first-order valence-corrected chi connectivity index (χ1v) is 8.69. The van der Waals surface area contributed by atoms with Crippen LogP contribution in [0.5, 0.6) is 0 Å². The van der Waals surface area contributed by atoms with E-state index in [-0.39, 0.29) is 12.1 Å². The van der Waals surface area contributed by atoms with Crippen LogP contribution in [0.3, 0.4) is 0 Å². The second kappa shape index (κ2) is 7.55. The molecule has 6 nitrogen and oxygen atoms in total. The van der Waals surface area contributed by atoms with Gasteiger partial charge in [-0.3, -0.25) is 14.5 Å². The molecule has 1 heterocycles. The van der Waals surface area contributed by atoms with Gasteiger partial charge in [-0.25, -0.2) is 13.6 Å². The molecule has 1 fully saturated rings. The molecule has 2 aromatic carbocycles. The summed E-state index contributed by atoms with van der Waals surface area (Å²) in [4.78, 5) is 37.7. The van der Waals surface area contributed by atoms with E-state index in [0.29, 0.717) is 9.92 Å². The fourth-order valence-electron chi connectivity index (χ4n) is 2.91. The zero-order chi connectivity index (χ0) is 20.5. The quantitative estimate of drug-likeness (QED) is 0.748. The molecule has 1 aliphatic heterocycles. The van der Waals surface area contributed by atoms with Gasteiger partial charge in [0.2, 0.25) is 5.91 Å². The van der Waals surface area contributed by atoms with Gasteiger partial charge < -0.3 is 10.6 Å². The number of hydrogen-bond donors (Lipinski definition) is 2. The average Bonchev–Trinajstić information content (AvgIpc) is 2.87. The van der Waals surface area contributed by atoms with Gasteiger partial charge in [-0.05, 0) is 42.8 Å². The minimum atomic E-state index is -1.81. The lowest BCUT2D eigenvalue weighted by molar-refractivity contribution is -0.134. The number of rotatable bonds is 5. The van der Waals surface area contributed by atoms with E-state index in [0.717, 1.165) is 23.8 Å². The topological polar surface area (TPSA) is 78.5 Å². The highest BCUT2D eigenvalue weighted by molar-refractivity contribution is 6.30. The number of benzene rings is 2. The molecule has 0 radical (unpaired) electrons. The first-order valence-electron chi connectivity index (χ1n) is 8.31. The van der Waals surface area contributed by atoms with Crippen LogP contribution >= 0.6 is 11.6 Å². The van der Waals surface area contributed by atoms with Crippen molar-refractivity contribution in [2.45, 2.75) is 19.0 Å². The van der Waals surface area contributed by atoms with E-state index >= 15 is 0 Å². The Bertz CT molecular complexity index is 952. The Kier molecular flexibility index (Phi) is 5.33. The van der Waals surface area contributed by atoms with Crippen molar-refractivity contribution < 1.29 is 23.2 Å². The number of urea groups is 1. The predicted molar refractivity (Wildman–Crippen MR) is 97.3 cm³/mol. The first kappa shape index (κ1) is 19.8. The van der Waals surface area contributed by atoms with Crippen molar-refractivity contribution in [3.63, 3.8) is 0 Å². The van der Waals surface area contributed by atoms with Crippen LogP contribution in [0.15, 0.2) is 42.5 Å². The zero-order valence-electron chi connectivity index (χ0n) is 14.8. The minimum Gasteiger partial charge on any atom is -0.350 e. The van der Waals surface area contributed by atoms with Gasteiger partial charge in [0.25, 0.3) is 5.91 Å². The number of imide groups is 1. The molecule has 2 aromatic rings. The van der Waals surface area contributed by atoms with E-state index in [2.05, 4.69) is 10.6 Å². The Labute approximate surface area is 164 Å². The third-order valence-electron chi connectivity index (χ3n) is 4.45. The minimum absolute atomic E-state index is 0.176. The highest BCUT2D eigenvalue weighted by Crippen LogP contribution is 2.31. The number of carbonyl (C=O) groups excluding carboxylic acids is 3. The first-order chi connectivity index (χ1) is 13.2. The van der Waals surface area contributed by atoms with Gasteiger partial charge in [0.1, 0.15) is 23.7 Å². The van der Waals surface area contributed by atoms with Gasteiger partial charge in [0, 0.05) is 17.1 Å². The molecule has 9 heteroatoms. The maximum atomic E-state index is 14.1. The van der Waals surface area contributed by atoms with Gasteiger partial charge in [-0.2, -0.15) is 0 Å². The average molecular weight is 408 g/mol. The maximum Gasteiger partial charge on any atom is 0.325 e. The number of hydrogen-bond acceptors (Lipinski definition) is 3. The third kappa shape index (κ3) is 3.82. The Hall–Kier alpha value is -3.00. The third-order valence-corrected chi connectivity index (χ3v) is 4.70. The van der Waals surface area contributed by atoms with Crippen molar-refractivity contribution in [1.82, 2.24) is 15.5 Å². The van der Waals surface area contributed by atoms with E-state index in [1.165, 1.54) is 6.92 Å². The number of halogens is 3. The summed E-state index contributed by atoms with van der Waals surface area (Å²) in [6, 6.07) is 8.54. The van der Waals surface area contributed by atoms with E-state index < -0.39 is 41.6 Å². The molecule has 1 unspecified atom stereocenters. The Balaban J connectivity index is 1.70. The molecule has 1 atom stereocenters. The monoisotopic (exact) mass is 407 g/mol. The van der Waals surface area contributed by atoms with Crippen molar-refractivity contribution in [3.05, 3.63) is 70.2 Å². The summed E-state index contributed by atoms with van der Waals surface area (Å²) in [5, 5.41) is 5.47. The van der Waals surface area contributed by atoms with Gasteiger partial charge in [-0.1, -0.05) is 23.7 Å². The van der Waals surface area contributed by atoms with Crippen LogP contribution in [-0.2, 0) is 21.7 Å². The fraction of sp³-hybridized carbons (Fsp3) is 0.211. The Morgan fingerprint density at radius 2 is 1.86 bits per heavy atom. The van der Waals surface area contributed by atoms with Gasteiger partial charge in [0.05, 0.1) is 0 Å². The number of carbonyl (C=O) groups is 3. The molecule has 0 aromatic heterocycles. The molecule has 4 amide bonds. The molecule has 146 valence electrons. The largest absolute Gasteiger partial charge is 0.350 e. The number of nitrogens with one attached hydrogen (secondary N) is 2. The Morgan fingerprint density at radius 3 is 2.54 bits per heavy atom. The molecule has 0 aliphatic carbocycles. The summed E-state index contributed by atoms with van der Waals surface area (Å²) in [6.45, 7) is 0.886. The van der Waals surface area contributed by atoms with E-state index in [1.807, 2.05) is 0 Å². The van der Waals surface area contributed by atoms with Crippen LogP contribution < -0.4 is 10.6 Å². The molecule has 0 saturated carbocycles. The van der Waals surface area contributed by atoms with Crippen molar-refractivity contribution in [1.29, 1.82) is 0 Å². The molecule has 2 N–H and O–H groups in total. The summed E-state index contributed by atoms with van der Waals surface area (Å²) in [5.41, 5.74) is -1.34. The fourth-order valence-corrected chi connectivity index (χ4v) is 3.03. The van der Waals surface area contributed by atoms with Crippen LogP contribution in [0, 0.1) is 11.6 Å². The lowest BCUT2D eigenvalue weighted by Crippen LogP contribution is -2.43. The molecule has 28 heavy (non-hydrogen) atoms. The van der Waals surface area contributed by atoms with Crippen LogP contribution in [0.2, 0.25) is 5.02 Å². The Morgan fingerprint density at radius 1 is 1.18 bits per heavy atom. The van der Waals surface area contributed by atoms with Crippen LogP contribution in [0.4, 0.5) is 13.6 Å². The summed E-state index contributed by atoms with van der Waals surface area (Å²) in [6.07, 6.45) is 0. The SMILES string of the molecule is CC1(c2cc(F)ccc2F)NC(=O)N(CC(=O)NCc2ccc(Cl)cc2)C1=O. The molecule has 0 spiro atoms. The summed E-state index contributed by atoms with van der Waals surface area (Å²) in [5.74, 6) is -3.02. The molecule has 0 bridgehead atoms. The highest BCUT2D eigenvalue weighted by atomic mass is 35.5. The lowest BCUT2D eigenvalue weighted by Gasteiger charge is -2.22.